The van der Waals surface area contributed by atoms with Gasteiger partial charge in [-0.2, -0.15) is 5.10 Å². The fourth-order valence-corrected chi connectivity index (χ4v) is 3.87. The van der Waals surface area contributed by atoms with Crippen LogP contribution in [0.2, 0.25) is 0 Å². The summed E-state index contributed by atoms with van der Waals surface area (Å²) in [6.07, 6.45) is 4.41. The van der Waals surface area contributed by atoms with Gasteiger partial charge < -0.3 is 15.4 Å². The number of nitrogens with zero attached hydrogens (tertiary/aromatic N) is 2. The van der Waals surface area contributed by atoms with E-state index in [2.05, 4.69) is 31.6 Å². The second-order valence-corrected chi connectivity index (χ2v) is 7.23. The number of aryl methyl sites for hydroxylation is 1. The Labute approximate surface area is 170 Å². The molecule has 0 bridgehead atoms. The van der Waals surface area contributed by atoms with Gasteiger partial charge in [0.25, 0.3) is 0 Å². The predicted octanol–water partition coefficient (Wildman–Crippen LogP) is 4.15. The van der Waals surface area contributed by atoms with Crippen LogP contribution in [0.1, 0.15) is 18.2 Å². The van der Waals surface area contributed by atoms with Gasteiger partial charge in [-0.15, -0.1) is 0 Å². The van der Waals surface area contributed by atoms with Gasteiger partial charge in [0.15, 0.2) is 23.2 Å². The van der Waals surface area contributed by atoms with Crippen LogP contribution < -0.4 is 5.32 Å². The highest BCUT2D eigenvalue weighted by Gasteiger charge is 2.20. The Morgan fingerprint density at radius 2 is 2.03 bits per heavy atom. The summed E-state index contributed by atoms with van der Waals surface area (Å²) in [5.74, 6) is -1.21. The van der Waals surface area contributed by atoms with E-state index in [1.807, 2.05) is 13.1 Å². The van der Waals surface area contributed by atoms with Crippen LogP contribution in [0.3, 0.4) is 0 Å². The molecule has 0 saturated heterocycles. The SMILES string of the molecule is CCc1cc(O)c(F)cc1-c1ccc2c(-c3nc(C4=CCNC4)c[nH]3)n[nH]c2c1F. The fourth-order valence-electron chi connectivity index (χ4n) is 3.87. The number of rotatable bonds is 4. The van der Waals surface area contributed by atoms with E-state index < -0.39 is 17.4 Å². The lowest BCUT2D eigenvalue weighted by Gasteiger charge is -2.11. The summed E-state index contributed by atoms with van der Waals surface area (Å²) in [5, 5.41) is 20.5. The van der Waals surface area contributed by atoms with Gasteiger partial charge in [0.05, 0.1) is 5.69 Å². The van der Waals surface area contributed by atoms with Gasteiger partial charge >= 0.3 is 0 Å². The number of aromatic hydroxyl groups is 1. The van der Waals surface area contributed by atoms with E-state index in [1.54, 1.807) is 12.1 Å². The number of phenols is 1. The molecule has 2 aromatic carbocycles. The van der Waals surface area contributed by atoms with Crippen molar-refractivity contribution in [1.29, 1.82) is 0 Å². The van der Waals surface area contributed by atoms with Crippen LogP contribution in [0, 0.1) is 11.6 Å². The van der Waals surface area contributed by atoms with Crippen LogP contribution in [-0.2, 0) is 6.42 Å². The Hall–Kier alpha value is -3.52. The van der Waals surface area contributed by atoms with Gasteiger partial charge in [0, 0.05) is 30.2 Å². The molecule has 5 rings (SSSR count). The van der Waals surface area contributed by atoms with Crippen LogP contribution in [0.15, 0.2) is 36.5 Å². The van der Waals surface area contributed by atoms with Crippen LogP contribution in [0.4, 0.5) is 8.78 Å². The van der Waals surface area contributed by atoms with Crippen molar-refractivity contribution >= 4 is 16.5 Å². The first-order valence-corrected chi connectivity index (χ1v) is 9.71. The molecule has 0 amide bonds. The maximum atomic E-state index is 15.4. The average molecular weight is 407 g/mol. The minimum atomic E-state index is -0.786. The average Bonchev–Trinajstić information content (AvgIpc) is 3.49. The predicted molar refractivity (Wildman–Crippen MR) is 111 cm³/mol. The van der Waals surface area contributed by atoms with Gasteiger partial charge in [-0.3, -0.25) is 5.10 Å². The third-order valence-corrected chi connectivity index (χ3v) is 5.46. The zero-order chi connectivity index (χ0) is 20.8. The molecule has 0 radical (unpaired) electrons. The number of nitrogens with one attached hydrogen (secondary N) is 3. The Morgan fingerprint density at radius 1 is 1.17 bits per heavy atom. The van der Waals surface area contributed by atoms with Crippen LogP contribution >= 0.6 is 0 Å². The Kier molecular flexibility index (Phi) is 4.36. The minimum absolute atomic E-state index is 0.220. The third-order valence-electron chi connectivity index (χ3n) is 5.46. The summed E-state index contributed by atoms with van der Waals surface area (Å²) in [7, 11) is 0. The lowest BCUT2D eigenvalue weighted by Crippen LogP contribution is -2.07. The largest absolute Gasteiger partial charge is 0.505 e. The number of halogens is 2. The molecule has 1 aliphatic rings. The van der Waals surface area contributed by atoms with Crippen molar-refractivity contribution in [3.63, 3.8) is 0 Å². The molecule has 0 saturated carbocycles. The van der Waals surface area contributed by atoms with Gasteiger partial charge in [-0.1, -0.05) is 19.1 Å². The van der Waals surface area contributed by atoms with Crippen molar-refractivity contribution < 1.29 is 13.9 Å². The molecule has 4 aromatic rings. The van der Waals surface area contributed by atoms with Crippen LogP contribution in [0.25, 0.3) is 39.1 Å². The molecule has 2 aromatic heterocycles. The van der Waals surface area contributed by atoms with Crippen molar-refractivity contribution in [3.8, 4) is 28.4 Å². The Bertz CT molecular complexity index is 1300. The maximum Gasteiger partial charge on any atom is 0.165 e. The number of imidazole rings is 1. The number of aromatic nitrogens is 4. The Morgan fingerprint density at radius 3 is 2.80 bits per heavy atom. The zero-order valence-electron chi connectivity index (χ0n) is 16.2. The van der Waals surface area contributed by atoms with Crippen molar-refractivity contribution in [1.82, 2.24) is 25.5 Å². The van der Waals surface area contributed by atoms with E-state index in [0.29, 0.717) is 34.5 Å². The molecule has 30 heavy (non-hydrogen) atoms. The molecule has 6 nitrogen and oxygen atoms in total. The zero-order valence-corrected chi connectivity index (χ0v) is 16.2. The van der Waals surface area contributed by atoms with Crippen molar-refractivity contribution in [2.75, 3.05) is 13.1 Å². The molecular weight excluding hydrogens is 388 g/mol. The first kappa shape index (κ1) is 18.5. The highest BCUT2D eigenvalue weighted by molar-refractivity contribution is 5.95. The molecule has 3 heterocycles. The number of aromatic amines is 2. The normalized spacial score (nSPS) is 13.9. The summed E-state index contributed by atoms with van der Waals surface area (Å²) in [5.41, 5.74) is 3.97. The van der Waals surface area contributed by atoms with E-state index in [-0.39, 0.29) is 11.1 Å². The quantitative estimate of drug-likeness (QED) is 0.409. The molecule has 1 aliphatic heterocycles. The second kappa shape index (κ2) is 7.07. The molecule has 4 N–H and O–H groups in total. The lowest BCUT2D eigenvalue weighted by molar-refractivity contribution is 0.432. The van der Waals surface area contributed by atoms with Crippen LogP contribution in [0.5, 0.6) is 5.75 Å². The summed E-state index contributed by atoms with van der Waals surface area (Å²) < 4.78 is 29.3. The first-order valence-electron chi connectivity index (χ1n) is 9.71. The molecule has 8 heteroatoms. The monoisotopic (exact) mass is 407 g/mol. The number of hydrogen-bond donors (Lipinski definition) is 4. The maximum absolute atomic E-state index is 15.4. The third kappa shape index (κ3) is 2.88. The van der Waals surface area contributed by atoms with Gasteiger partial charge in [-0.25, -0.2) is 13.8 Å². The molecule has 0 atom stereocenters. The summed E-state index contributed by atoms with van der Waals surface area (Å²) in [4.78, 5) is 7.71. The molecule has 0 aliphatic carbocycles. The fraction of sp³-hybridized carbons (Fsp3) is 0.182. The van der Waals surface area contributed by atoms with Crippen molar-refractivity contribution in [2.45, 2.75) is 13.3 Å². The molecule has 0 unspecified atom stereocenters. The number of hydrogen-bond acceptors (Lipinski definition) is 4. The molecule has 0 spiro atoms. The van der Waals surface area contributed by atoms with E-state index in [9.17, 15) is 9.50 Å². The minimum Gasteiger partial charge on any atom is -0.505 e. The topological polar surface area (TPSA) is 89.6 Å². The summed E-state index contributed by atoms with van der Waals surface area (Å²) in [6.45, 7) is 3.44. The van der Waals surface area contributed by atoms with Gasteiger partial charge in [-0.05, 0) is 41.3 Å². The summed E-state index contributed by atoms with van der Waals surface area (Å²) in [6, 6.07) is 5.85. The van der Waals surface area contributed by atoms with E-state index in [0.717, 1.165) is 30.4 Å². The van der Waals surface area contributed by atoms with Crippen LogP contribution in [-0.4, -0.2) is 38.4 Å². The number of phenolic OH excluding ortho intramolecular Hbond substituents is 1. The first-order chi connectivity index (χ1) is 14.6. The van der Waals surface area contributed by atoms with Gasteiger partial charge in [0.1, 0.15) is 11.2 Å². The standard InChI is InChI=1S/C22H19F2N5O/c1-2-11-7-18(30)16(23)8-15(11)13-3-4-14-20(19(13)24)28-29-21(14)22-26-10-17(27-22)12-5-6-25-9-12/h3-5,7-8,10,25,30H,2,6,9H2,1H3,(H,26,27)(H,28,29). The van der Waals surface area contributed by atoms with E-state index in [4.69, 9.17) is 0 Å². The molecular formula is C22H19F2N5O. The lowest BCUT2D eigenvalue weighted by atomic mass is 9.96. The molecule has 152 valence electrons. The van der Waals surface area contributed by atoms with Crippen molar-refractivity contribution in [2.24, 2.45) is 0 Å². The summed E-state index contributed by atoms with van der Waals surface area (Å²) >= 11 is 0. The Balaban J connectivity index is 1.60. The second-order valence-electron chi connectivity index (χ2n) is 7.23. The smallest absolute Gasteiger partial charge is 0.165 e. The van der Waals surface area contributed by atoms with Gasteiger partial charge in [0.2, 0.25) is 0 Å². The highest BCUT2D eigenvalue weighted by Crippen LogP contribution is 2.36. The number of benzene rings is 2. The van der Waals surface area contributed by atoms with E-state index >= 15 is 4.39 Å². The number of H-pyrrole nitrogens is 2. The van der Waals surface area contributed by atoms with E-state index in [1.165, 1.54) is 6.07 Å². The van der Waals surface area contributed by atoms with Crippen molar-refractivity contribution in [3.05, 3.63) is 59.4 Å². The number of fused-ring (bicyclic) bond motifs is 1. The molecule has 0 fully saturated rings. The highest BCUT2D eigenvalue weighted by atomic mass is 19.1.